The molecular formula is C28H31BrN2O7. The lowest BCUT2D eigenvalue weighted by Gasteiger charge is -2.29. The highest BCUT2D eigenvalue weighted by Gasteiger charge is 2.46. The van der Waals surface area contributed by atoms with Crippen molar-refractivity contribution in [3.05, 3.63) is 57.1 Å². The van der Waals surface area contributed by atoms with Gasteiger partial charge in [0.1, 0.15) is 17.6 Å². The summed E-state index contributed by atoms with van der Waals surface area (Å²) in [7, 11) is 1.43. The summed E-state index contributed by atoms with van der Waals surface area (Å²) in [6.07, 6.45) is 1.37. The maximum absolute atomic E-state index is 13.4. The predicted molar refractivity (Wildman–Crippen MR) is 143 cm³/mol. The lowest BCUT2D eigenvalue weighted by Crippen LogP contribution is -2.39. The monoisotopic (exact) mass is 586 g/mol. The molecule has 0 bridgehead atoms. The van der Waals surface area contributed by atoms with Crippen LogP contribution in [0.4, 0.5) is 0 Å². The number of hydrogen-bond donors (Lipinski definition) is 2. The molecule has 3 heterocycles. The molecule has 2 aromatic carbocycles. The van der Waals surface area contributed by atoms with E-state index in [1.807, 2.05) is 13.0 Å². The minimum absolute atomic E-state index is 0.00734. The van der Waals surface area contributed by atoms with E-state index in [4.69, 9.17) is 14.2 Å². The fourth-order valence-corrected chi connectivity index (χ4v) is 5.84. The first-order chi connectivity index (χ1) is 18.3. The SMILES string of the molecule is COc1cc([C@H]2/C(=C(\O)c3ccc4c(c3)C[C@H](C)O4)C(=O)C(=O)N2CCCN2CCOCC2)cc(Br)c1O. The number of aromatic hydroxyl groups is 1. The second-order valence-electron chi connectivity index (χ2n) is 9.81. The van der Waals surface area contributed by atoms with E-state index in [9.17, 15) is 19.8 Å². The van der Waals surface area contributed by atoms with Crippen LogP contribution in [-0.2, 0) is 20.7 Å². The Bertz CT molecular complexity index is 1290. The molecule has 10 heteroatoms. The van der Waals surface area contributed by atoms with Crippen molar-refractivity contribution in [2.45, 2.75) is 31.9 Å². The van der Waals surface area contributed by atoms with Crippen molar-refractivity contribution in [3.63, 3.8) is 0 Å². The number of aliphatic hydroxyl groups excluding tert-OH is 1. The third-order valence-corrected chi connectivity index (χ3v) is 7.88. The number of amides is 1. The van der Waals surface area contributed by atoms with Crippen LogP contribution in [0.2, 0.25) is 0 Å². The van der Waals surface area contributed by atoms with Gasteiger partial charge in [0.15, 0.2) is 11.5 Å². The number of likely N-dealkylation sites (tertiary alicyclic amines) is 1. The van der Waals surface area contributed by atoms with Gasteiger partial charge in [0, 0.05) is 38.2 Å². The molecule has 0 aromatic heterocycles. The van der Waals surface area contributed by atoms with Gasteiger partial charge in [0.2, 0.25) is 0 Å². The lowest BCUT2D eigenvalue weighted by atomic mass is 9.94. The van der Waals surface area contributed by atoms with Gasteiger partial charge in [-0.25, -0.2) is 0 Å². The molecule has 0 radical (unpaired) electrons. The molecule has 38 heavy (non-hydrogen) atoms. The number of fused-ring (bicyclic) bond motifs is 1. The highest BCUT2D eigenvalue weighted by atomic mass is 79.9. The van der Waals surface area contributed by atoms with Crippen molar-refractivity contribution in [1.82, 2.24) is 9.80 Å². The first-order valence-corrected chi connectivity index (χ1v) is 13.5. The van der Waals surface area contributed by atoms with Crippen LogP contribution >= 0.6 is 15.9 Å². The number of Topliss-reactive ketones (excluding diaryl/α,β-unsaturated/α-hetero) is 1. The molecule has 0 saturated carbocycles. The number of ether oxygens (including phenoxy) is 3. The van der Waals surface area contributed by atoms with E-state index in [1.165, 1.54) is 12.0 Å². The van der Waals surface area contributed by atoms with E-state index in [-0.39, 0.29) is 28.9 Å². The third-order valence-electron chi connectivity index (χ3n) is 7.27. The Morgan fingerprint density at radius 1 is 1.16 bits per heavy atom. The van der Waals surface area contributed by atoms with Gasteiger partial charge in [-0.3, -0.25) is 14.5 Å². The summed E-state index contributed by atoms with van der Waals surface area (Å²) in [4.78, 5) is 30.5. The Hall–Kier alpha value is -3.08. The molecule has 3 aliphatic rings. The first-order valence-electron chi connectivity index (χ1n) is 12.7. The number of aliphatic hydroxyl groups is 1. The van der Waals surface area contributed by atoms with Crippen molar-refractivity contribution < 1.29 is 34.0 Å². The number of benzene rings is 2. The van der Waals surface area contributed by atoms with Crippen molar-refractivity contribution in [3.8, 4) is 17.2 Å². The predicted octanol–water partition coefficient (Wildman–Crippen LogP) is 3.63. The van der Waals surface area contributed by atoms with Gasteiger partial charge in [-0.15, -0.1) is 0 Å². The molecule has 2 saturated heterocycles. The quantitative estimate of drug-likeness (QED) is 0.287. The van der Waals surface area contributed by atoms with Gasteiger partial charge in [-0.1, -0.05) is 0 Å². The second-order valence-corrected chi connectivity index (χ2v) is 10.7. The number of morpholine rings is 1. The minimum Gasteiger partial charge on any atom is -0.507 e. The highest BCUT2D eigenvalue weighted by Crippen LogP contribution is 2.45. The summed E-state index contributed by atoms with van der Waals surface area (Å²) in [6.45, 7) is 6.05. The lowest BCUT2D eigenvalue weighted by molar-refractivity contribution is -0.140. The zero-order valence-electron chi connectivity index (χ0n) is 21.4. The number of rotatable bonds is 7. The maximum atomic E-state index is 13.4. The number of hydrogen-bond acceptors (Lipinski definition) is 8. The Morgan fingerprint density at radius 3 is 2.66 bits per heavy atom. The zero-order chi connectivity index (χ0) is 27.0. The number of phenols is 1. The number of carbonyl (C=O) groups is 2. The Balaban J connectivity index is 1.54. The normalized spacial score (nSPS) is 23.0. The van der Waals surface area contributed by atoms with Gasteiger partial charge in [-0.05, 0) is 70.7 Å². The van der Waals surface area contributed by atoms with Gasteiger partial charge >= 0.3 is 0 Å². The number of halogens is 1. The van der Waals surface area contributed by atoms with Crippen molar-refractivity contribution in [1.29, 1.82) is 0 Å². The van der Waals surface area contributed by atoms with E-state index in [2.05, 4.69) is 20.8 Å². The van der Waals surface area contributed by atoms with Crippen molar-refractivity contribution in [2.75, 3.05) is 46.5 Å². The number of phenolic OH excluding ortho intramolecular Hbond substituents is 1. The number of nitrogens with zero attached hydrogens (tertiary/aromatic N) is 2. The number of methoxy groups -OCH3 is 1. The smallest absolute Gasteiger partial charge is 0.295 e. The van der Waals surface area contributed by atoms with Gasteiger partial charge in [0.05, 0.1) is 36.4 Å². The average molecular weight is 587 g/mol. The van der Waals surface area contributed by atoms with Crippen LogP contribution in [0.1, 0.15) is 36.1 Å². The molecule has 1 amide bonds. The molecule has 9 nitrogen and oxygen atoms in total. The zero-order valence-corrected chi connectivity index (χ0v) is 23.0. The van der Waals surface area contributed by atoms with Gasteiger partial charge < -0.3 is 29.3 Å². The standard InChI is InChI=1S/C28H31BrN2O7/c1-16-12-18-13-17(4-5-21(18)38-16)25(32)23-24(19-14-20(29)26(33)22(15-19)36-2)31(28(35)27(23)34)7-3-6-30-8-10-37-11-9-30/h4-5,13-16,24,32-33H,3,6-12H2,1-2H3/b25-23+/t16-,24-/m0/s1. The second kappa shape index (κ2) is 11.0. The molecule has 5 rings (SSSR count). The van der Waals surface area contributed by atoms with E-state index in [0.717, 1.165) is 30.9 Å². The Kier molecular flexibility index (Phi) is 7.65. The number of ketones is 1. The minimum atomic E-state index is -0.853. The summed E-state index contributed by atoms with van der Waals surface area (Å²) >= 11 is 3.35. The molecule has 2 N–H and O–H groups in total. The Labute approximate surface area is 229 Å². The fourth-order valence-electron chi connectivity index (χ4n) is 5.38. The van der Waals surface area contributed by atoms with Crippen molar-refractivity contribution in [2.24, 2.45) is 0 Å². The molecule has 2 fully saturated rings. The van der Waals surface area contributed by atoms with Crippen LogP contribution < -0.4 is 9.47 Å². The molecule has 0 spiro atoms. The molecule has 2 aromatic rings. The van der Waals surface area contributed by atoms with Crippen molar-refractivity contribution >= 4 is 33.4 Å². The maximum Gasteiger partial charge on any atom is 0.295 e. The van der Waals surface area contributed by atoms with Crippen LogP contribution in [-0.4, -0.2) is 84.3 Å². The van der Waals surface area contributed by atoms with Crippen LogP contribution in [0, 0.1) is 0 Å². The van der Waals surface area contributed by atoms with E-state index < -0.39 is 17.7 Å². The summed E-state index contributed by atoms with van der Waals surface area (Å²) in [5.74, 6) is -0.798. The molecule has 0 unspecified atom stereocenters. The van der Waals surface area contributed by atoms with E-state index in [1.54, 1.807) is 24.3 Å². The van der Waals surface area contributed by atoms with Crippen LogP contribution in [0.3, 0.4) is 0 Å². The summed E-state index contributed by atoms with van der Waals surface area (Å²) in [5, 5.41) is 21.8. The molecule has 3 aliphatic heterocycles. The number of carbonyl (C=O) groups excluding carboxylic acids is 2. The van der Waals surface area contributed by atoms with Gasteiger partial charge in [0.25, 0.3) is 11.7 Å². The summed E-state index contributed by atoms with van der Waals surface area (Å²) in [6, 6.07) is 7.68. The van der Waals surface area contributed by atoms with Gasteiger partial charge in [-0.2, -0.15) is 0 Å². The molecule has 2 atom stereocenters. The molecular weight excluding hydrogens is 556 g/mol. The topological polar surface area (TPSA) is 109 Å². The fraction of sp³-hybridized carbons (Fsp3) is 0.429. The van der Waals surface area contributed by atoms with E-state index >= 15 is 0 Å². The van der Waals surface area contributed by atoms with Crippen LogP contribution in [0.25, 0.3) is 5.76 Å². The largest absolute Gasteiger partial charge is 0.507 e. The van der Waals surface area contributed by atoms with Crippen LogP contribution in [0.15, 0.2) is 40.4 Å². The van der Waals surface area contributed by atoms with E-state index in [0.29, 0.717) is 48.2 Å². The Morgan fingerprint density at radius 2 is 1.92 bits per heavy atom. The summed E-state index contributed by atoms with van der Waals surface area (Å²) in [5.41, 5.74) is 1.93. The molecule has 0 aliphatic carbocycles. The third kappa shape index (κ3) is 5.00. The average Bonchev–Trinajstić information content (AvgIpc) is 3.41. The first kappa shape index (κ1) is 26.5. The molecule has 202 valence electrons. The van der Waals surface area contributed by atoms with Crippen LogP contribution in [0.5, 0.6) is 17.2 Å². The highest BCUT2D eigenvalue weighted by molar-refractivity contribution is 9.10. The summed E-state index contributed by atoms with van der Waals surface area (Å²) < 4.78 is 16.9.